The molecule has 1 unspecified atom stereocenters. The largest absolute Gasteiger partial charge is 0.494 e. The molecule has 0 radical (unpaired) electrons. The Kier molecular flexibility index (Phi) is 8.12. The highest BCUT2D eigenvalue weighted by atomic mass is 19.1. The van der Waals surface area contributed by atoms with Crippen LogP contribution in [0.1, 0.15) is 31.2 Å². The van der Waals surface area contributed by atoms with Crippen LogP contribution in [-0.4, -0.2) is 75.7 Å². The molecule has 2 aliphatic heterocycles. The molecule has 1 aromatic carbocycles. The number of likely N-dealkylation sites (tertiary alicyclic amines) is 2. The molecule has 162 valence electrons. The second kappa shape index (κ2) is 10.8. The van der Waals surface area contributed by atoms with Gasteiger partial charge in [0.2, 0.25) is 0 Å². The molecule has 0 aromatic heterocycles. The van der Waals surface area contributed by atoms with Gasteiger partial charge in [0.25, 0.3) is 0 Å². The molecule has 2 saturated heterocycles. The lowest BCUT2D eigenvalue weighted by Crippen LogP contribution is -2.50. The van der Waals surface area contributed by atoms with Crippen LogP contribution in [0.3, 0.4) is 0 Å². The number of rotatable bonds is 6. The van der Waals surface area contributed by atoms with Gasteiger partial charge in [-0.05, 0) is 62.9 Å². The summed E-state index contributed by atoms with van der Waals surface area (Å²) in [6.07, 6.45) is 4.70. The van der Waals surface area contributed by atoms with Gasteiger partial charge in [-0.15, -0.1) is 0 Å². The Morgan fingerprint density at radius 3 is 2.69 bits per heavy atom. The highest BCUT2D eigenvalue weighted by Gasteiger charge is 2.21. The first-order chi connectivity index (χ1) is 14.1. The topological polar surface area (TPSA) is 52.1 Å². The molecule has 2 aliphatic rings. The van der Waals surface area contributed by atoms with Gasteiger partial charge in [-0.25, -0.2) is 4.39 Å². The lowest BCUT2D eigenvalue weighted by Gasteiger charge is -2.34. The summed E-state index contributed by atoms with van der Waals surface area (Å²) in [5.41, 5.74) is 0.990. The number of nitrogens with zero attached hydrogens (tertiary/aromatic N) is 3. The van der Waals surface area contributed by atoms with E-state index in [9.17, 15) is 4.39 Å². The summed E-state index contributed by atoms with van der Waals surface area (Å²) in [6.45, 7) is 6.12. The molecule has 1 atom stereocenters. The highest BCUT2D eigenvalue weighted by molar-refractivity contribution is 5.79. The Labute approximate surface area is 174 Å². The van der Waals surface area contributed by atoms with E-state index in [1.807, 2.05) is 13.1 Å². The first-order valence-electron chi connectivity index (χ1n) is 10.8. The van der Waals surface area contributed by atoms with E-state index in [1.54, 1.807) is 12.1 Å². The van der Waals surface area contributed by atoms with Crippen molar-refractivity contribution in [1.29, 1.82) is 0 Å². The van der Waals surface area contributed by atoms with Crippen LogP contribution in [0.25, 0.3) is 0 Å². The van der Waals surface area contributed by atoms with Gasteiger partial charge in [-0.3, -0.25) is 9.89 Å². The normalized spacial score (nSPS) is 22.5. The third-order valence-corrected chi connectivity index (χ3v) is 6.05. The molecule has 0 aliphatic carbocycles. The lowest BCUT2D eigenvalue weighted by molar-refractivity contribution is 0.197. The first kappa shape index (κ1) is 21.8. The van der Waals surface area contributed by atoms with Crippen molar-refractivity contribution < 1.29 is 9.13 Å². The van der Waals surface area contributed by atoms with Crippen molar-refractivity contribution in [2.45, 2.75) is 38.3 Å². The fourth-order valence-electron chi connectivity index (χ4n) is 4.37. The van der Waals surface area contributed by atoms with Crippen LogP contribution < -0.4 is 15.4 Å². The van der Waals surface area contributed by atoms with E-state index >= 15 is 0 Å². The van der Waals surface area contributed by atoms with Crippen LogP contribution in [0.2, 0.25) is 0 Å². The molecule has 0 amide bonds. The standard InChI is InChI=1S/C22H36FN5O/c1-24-22(25-14-18-5-4-10-27(2)15-18)26-19-8-11-28(12-9-19)16-17-6-7-21(29-3)20(23)13-17/h6-7,13,18-19H,4-5,8-12,14-16H2,1-3H3,(H2,24,25,26). The van der Waals surface area contributed by atoms with E-state index in [0.717, 1.165) is 57.1 Å². The van der Waals surface area contributed by atoms with Gasteiger partial charge >= 0.3 is 0 Å². The van der Waals surface area contributed by atoms with Gasteiger partial charge in [0.1, 0.15) is 0 Å². The number of hydrogen-bond donors (Lipinski definition) is 2. The zero-order valence-corrected chi connectivity index (χ0v) is 18.1. The summed E-state index contributed by atoms with van der Waals surface area (Å²) >= 11 is 0. The summed E-state index contributed by atoms with van der Waals surface area (Å²) in [4.78, 5) is 9.21. The van der Waals surface area contributed by atoms with Crippen LogP contribution in [0.4, 0.5) is 4.39 Å². The van der Waals surface area contributed by atoms with E-state index in [-0.39, 0.29) is 5.82 Å². The first-order valence-corrected chi connectivity index (χ1v) is 10.8. The third kappa shape index (κ3) is 6.57. The molecule has 1 aromatic rings. The Morgan fingerprint density at radius 1 is 1.24 bits per heavy atom. The zero-order valence-electron chi connectivity index (χ0n) is 18.1. The van der Waals surface area contributed by atoms with Crippen molar-refractivity contribution in [3.05, 3.63) is 29.6 Å². The maximum Gasteiger partial charge on any atom is 0.191 e. The number of ether oxygens (including phenoxy) is 1. The summed E-state index contributed by atoms with van der Waals surface area (Å²) in [5.74, 6) is 1.61. The van der Waals surface area contributed by atoms with Gasteiger partial charge in [0, 0.05) is 45.8 Å². The summed E-state index contributed by atoms with van der Waals surface area (Å²) in [7, 11) is 5.54. The van der Waals surface area contributed by atoms with E-state index in [0.29, 0.717) is 17.7 Å². The zero-order chi connectivity index (χ0) is 20.6. The molecule has 0 bridgehead atoms. The minimum absolute atomic E-state index is 0.291. The Bertz CT molecular complexity index is 675. The molecule has 3 rings (SSSR count). The average Bonchev–Trinajstić information content (AvgIpc) is 2.72. The van der Waals surface area contributed by atoms with Crippen LogP contribution in [-0.2, 0) is 6.54 Å². The number of methoxy groups -OCH3 is 1. The maximum atomic E-state index is 13.9. The Balaban J connectivity index is 1.39. The number of nitrogens with one attached hydrogen (secondary N) is 2. The van der Waals surface area contributed by atoms with E-state index in [1.165, 1.54) is 26.5 Å². The summed E-state index contributed by atoms with van der Waals surface area (Å²) in [6, 6.07) is 5.66. The smallest absolute Gasteiger partial charge is 0.191 e. The molecule has 0 saturated carbocycles. The van der Waals surface area contributed by atoms with E-state index in [2.05, 4.69) is 32.5 Å². The monoisotopic (exact) mass is 405 g/mol. The van der Waals surface area contributed by atoms with Gasteiger partial charge in [-0.2, -0.15) is 0 Å². The number of hydrogen-bond acceptors (Lipinski definition) is 4. The number of aliphatic imine (C=N–C) groups is 1. The minimum atomic E-state index is -0.291. The van der Waals surface area contributed by atoms with Crippen molar-refractivity contribution in [3.8, 4) is 5.75 Å². The molecule has 6 nitrogen and oxygen atoms in total. The predicted octanol–water partition coefficient (Wildman–Crippen LogP) is 2.31. The van der Waals surface area contributed by atoms with Crippen molar-refractivity contribution in [3.63, 3.8) is 0 Å². The molecule has 29 heavy (non-hydrogen) atoms. The molecule has 2 heterocycles. The van der Waals surface area contributed by atoms with Crippen LogP contribution >= 0.6 is 0 Å². The fraction of sp³-hybridized carbons (Fsp3) is 0.682. The molecule has 2 fully saturated rings. The van der Waals surface area contributed by atoms with Crippen molar-refractivity contribution in [2.75, 3.05) is 53.9 Å². The SMILES string of the molecule is CN=C(NCC1CCCN(C)C1)NC1CCN(Cc2ccc(OC)c(F)c2)CC1. The van der Waals surface area contributed by atoms with Gasteiger partial charge in [-0.1, -0.05) is 6.07 Å². The number of piperidine rings is 2. The minimum Gasteiger partial charge on any atom is -0.494 e. The maximum absolute atomic E-state index is 13.9. The van der Waals surface area contributed by atoms with Crippen molar-refractivity contribution in [1.82, 2.24) is 20.4 Å². The second-order valence-corrected chi connectivity index (χ2v) is 8.39. The number of guanidine groups is 1. The van der Waals surface area contributed by atoms with Gasteiger partial charge in [0.05, 0.1) is 7.11 Å². The Hall–Kier alpha value is -1.86. The quantitative estimate of drug-likeness (QED) is 0.562. The van der Waals surface area contributed by atoms with Crippen LogP contribution in [0.5, 0.6) is 5.75 Å². The van der Waals surface area contributed by atoms with E-state index < -0.39 is 0 Å². The predicted molar refractivity (Wildman–Crippen MR) is 116 cm³/mol. The van der Waals surface area contributed by atoms with Gasteiger partial charge in [0.15, 0.2) is 17.5 Å². The average molecular weight is 406 g/mol. The van der Waals surface area contributed by atoms with Crippen LogP contribution in [0, 0.1) is 11.7 Å². The molecule has 7 heteroatoms. The second-order valence-electron chi connectivity index (χ2n) is 8.39. The highest BCUT2D eigenvalue weighted by Crippen LogP contribution is 2.20. The lowest BCUT2D eigenvalue weighted by atomic mass is 9.98. The number of halogens is 1. The number of benzene rings is 1. The molecular weight excluding hydrogens is 369 g/mol. The molecular formula is C22H36FN5O. The Morgan fingerprint density at radius 2 is 2.03 bits per heavy atom. The summed E-state index contributed by atoms with van der Waals surface area (Å²) < 4.78 is 18.9. The molecule has 2 N–H and O–H groups in total. The van der Waals surface area contributed by atoms with Gasteiger partial charge < -0.3 is 20.3 Å². The van der Waals surface area contributed by atoms with E-state index in [4.69, 9.17) is 4.74 Å². The van der Waals surface area contributed by atoms with Crippen LogP contribution in [0.15, 0.2) is 23.2 Å². The fourth-order valence-corrected chi connectivity index (χ4v) is 4.37. The van der Waals surface area contributed by atoms with Crippen molar-refractivity contribution >= 4 is 5.96 Å². The summed E-state index contributed by atoms with van der Waals surface area (Å²) in [5, 5.41) is 7.11. The third-order valence-electron chi connectivity index (χ3n) is 6.05. The van der Waals surface area contributed by atoms with Crippen molar-refractivity contribution in [2.24, 2.45) is 10.9 Å². The molecule has 0 spiro atoms.